The van der Waals surface area contributed by atoms with Crippen LogP contribution in [0.1, 0.15) is 17.7 Å². The maximum atomic E-state index is 13.6. The van der Waals surface area contributed by atoms with Crippen molar-refractivity contribution >= 4 is 28.4 Å². The van der Waals surface area contributed by atoms with E-state index in [0.717, 1.165) is 27.8 Å². The highest BCUT2D eigenvalue weighted by molar-refractivity contribution is 5.97. The molecule has 27 heavy (non-hydrogen) atoms. The minimum atomic E-state index is -0.331. The van der Waals surface area contributed by atoms with Crippen LogP contribution in [0.25, 0.3) is 10.9 Å². The molecule has 2 amide bonds. The minimum absolute atomic E-state index is 0.00292. The van der Waals surface area contributed by atoms with Crippen molar-refractivity contribution in [2.24, 2.45) is 0 Å². The van der Waals surface area contributed by atoms with E-state index in [1.54, 1.807) is 11.0 Å². The molecule has 1 aromatic heterocycles. The molecule has 6 heteroatoms. The van der Waals surface area contributed by atoms with Crippen LogP contribution in [0.3, 0.4) is 0 Å². The van der Waals surface area contributed by atoms with Gasteiger partial charge in [0.05, 0.1) is 12.5 Å². The summed E-state index contributed by atoms with van der Waals surface area (Å²) in [6.45, 7) is 2.33. The van der Waals surface area contributed by atoms with Gasteiger partial charge in [-0.25, -0.2) is 4.39 Å². The molecule has 1 atom stereocenters. The zero-order valence-electron chi connectivity index (χ0n) is 15.0. The van der Waals surface area contributed by atoms with Crippen molar-refractivity contribution < 1.29 is 14.0 Å². The second kappa shape index (κ2) is 6.87. The molecule has 2 aromatic carbocycles. The highest BCUT2D eigenvalue weighted by Gasteiger charge is 2.31. The van der Waals surface area contributed by atoms with Crippen molar-refractivity contribution in [3.05, 3.63) is 65.6 Å². The summed E-state index contributed by atoms with van der Waals surface area (Å²) < 4.78 is 13.6. The number of rotatable bonds is 4. The number of anilines is 1. The van der Waals surface area contributed by atoms with Gasteiger partial charge in [0.15, 0.2) is 0 Å². The maximum Gasteiger partial charge on any atom is 0.229 e. The molecular formula is C21H20FN3O2. The second-order valence-corrected chi connectivity index (χ2v) is 6.90. The molecule has 2 N–H and O–H groups in total. The lowest BCUT2D eigenvalue weighted by Gasteiger charge is -2.17. The minimum Gasteiger partial charge on any atom is -0.358 e. The quantitative estimate of drug-likeness (QED) is 0.746. The van der Waals surface area contributed by atoms with Crippen LogP contribution in [0, 0.1) is 12.7 Å². The van der Waals surface area contributed by atoms with Gasteiger partial charge >= 0.3 is 0 Å². The largest absolute Gasteiger partial charge is 0.358 e. The third-order valence-corrected chi connectivity index (χ3v) is 4.98. The summed E-state index contributed by atoms with van der Waals surface area (Å²) in [5, 5.41) is 3.66. The highest BCUT2D eigenvalue weighted by Crippen LogP contribution is 2.24. The Morgan fingerprint density at radius 2 is 2.04 bits per heavy atom. The molecule has 1 fully saturated rings. The van der Waals surface area contributed by atoms with Crippen molar-refractivity contribution in [1.29, 1.82) is 0 Å². The predicted octanol–water partition coefficient (Wildman–Crippen LogP) is 3.08. The van der Waals surface area contributed by atoms with Crippen LogP contribution in [-0.2, 0) is 16.0 Å². The van der Waals surface area contributed by atoms with E-state index < -0.39 is 0 Å². The highest BCUT2D eigenvalue weighted by atomic mass is 19.1. The molecule has 4 rings (SSSR count). The van der Waals surface area contributed by atoms with Gasteiger partial charge in [-0.3, -0.25) is 9.59 Å². The third kappa shape index (κ3) is 3.43. The number of para-hydroxylation sites is 1. The van der Waals surface area contributed by atoms with Gasteiger partial charge in [-0.15, -0.1) is 0 Å². The Morgan fingerprint density at radius 3 is 2.81 bits per heavy atom. The van der Waals surface area contributed by atoms with Crippen LogP contribution in [0.5, 0.6) is 0 Å². The second-order valence-electron chi connectivity index (χ2n) is 6.90. The standard InChI is InChI=1S/C21H20FN3O2/c1-13-17(18-9-14(22)7-8-19(18)23-13)11-20(26)24-15-10-21(27)25(12-15)16-5-3-2-4-6-16/h2-9,15,23H,10-12H2,1H3,(H,24,26). The maximum absolute atomic E-state index is 13.6. The summed E-state index contributed by atoms with van der Waals surface area (Å²) in [5.41, 5.74) is 3.27. The smallest absolute Gasteiger partial charge is 0.229 e. The van der Waals surface area contributed by atoms with E-state index in [0.29, 0.717) is 6.54 Å². The topological polar surface area (TPSA) is 65.2 Å². The zero-order valence-corrected chi connectivity index (χ0v) is 15.0. The number of aromatic nitrogens is 1. The first-order valence-electron chi connectivity index (χ1n) is 8.93. The van der Waals surface area contributed by atoms with Crippen molar-refractivity contribution in [3.8, 4) is 0 Å². The van der Waals surface area contributed by atoms with E-state index >= 15 is 0 Å². The first kappa shape index (κ1) is 17.3. The van der Waals surface area contributed by atoms with Gasteiger partial charge in [0, 0.05) is 35.2 Å². The van der Waals surface area contributed by atoms with Gasteiger partial charge in [-0.1, -0.05) is 18.2 Å². The number of carbonyl (C=O) groups excluding carboxylic acids is 2. The van der Waals surface area contributed by atoms with Crippen LogP contribution in [0.4, 0.5) is 10.1 Å². The Balaban J connectivity index is 1.46. The summed E-state index contributed by atoms with van der Waals surface area (Å²) in [7, 11) is 0. The lowest BCUT2D eigenvalue weighted by Crippen LogP contribution is -2.38. The van der Waals surface area contributed by atoms with Crippen molar-refractivity contribution in [2.45, 2.75) is 25.8 Å². The van der Waals surface area contributed by atoms with Gasteiger partial charge in [0.2, 0.25) is 11.8 Å². The number of amides is 2. The molecule has 0 bridgehead atoms. The number of hydrogen-bond donors (Lipinski definition) is 2. The number of aromatic amines is 1. The number of halogens is 1. The third-order valence-electron chi connectivity index (χ3n) is 4.98. The van der Waals surface area contributed by atoms with Gasteiger partial charge in [-0.2, -0.15) is 0 Å². The van der Waals surface area contributed by atoms with E-state index in [2.05, 4.69) is 10.3 Å². The van der Waals surface area contributed by atoms with E-state index in [1.165, 1.54) is 12.1 Å². The van der Waals surface area contributed by atoms with Crippen molar-refractivity contribution in [2.75, 3.05) is 11.4 Å². The lowest BCUT2D eigenvalue weighted by atomic mass is 10.1. The summed E-state index contributed by atoms with van der Waals surface area (Å²) in [4.78, 5) is 29.7. The number of hydrogen-bond acceptors (Lipinski definition) is 2. The molecule has 1 saturated heterocycles. The summed E-state index contributed by atoms with van der Waals surface area (Å²) >= 11 is 0. The number of fused-ring (bicyclic) bond motifs is 1. The van der Waals surface area contributed by atoms with E-state index in [9.17, 15) is 14.0 Å². The number of carbonyl (C=O) groups is 2. The first-order valence-corrected chi connectivity index (χ1v) is 8.93. The molecule has 1 aliphatic heterocycles. The summed E-state index contributed by atoms with van der Waals surface area (Å²) in [6, 6.07) is 13.7. The number of nitrogens with zero attached hydrogens (tertiary/aromatic N) is 1. The SMILES string of the molecule is Cc1[nH]c2ccc(F)cc2c1CC(=O)NC1CC(=O)N(c2ccccc2)C1. The predicted molar refractivity (Wildman–Crippen MR) is 102 cm³/mol. The molecule has 0 radical (unpaired) electrons. The molecule has 0 spiro atoms. The Bertz CT molecular complexity index is 1010. The molecule has 2 heterocycles. The Morgan fingerprint density at radius 1 is 1.26 bits per heavy atom. The summed E-state index contributed by atoms with van der Waals surface area (Å²) in [6.07, 6.45) is 0.424. The molecule has 0 saturated carbocycles. The molecule has 138 valence electrons. The lowest BCUT2D eigenvalue weighted by molar-refractivity contribution is -0.121. The van der Waals surface area contributed by atoms with E-state index in [4.69, 9.17) is 0 Å². The van der Waals surface area contributed by atoms with Crippen molar-refractivity contribution in [3.63, 3.8) is 0 Å². The van der Waals surface area contributed by atoms with Crippen LogP contribution in [-0.4, -0.2) is 29.4 Å². The number of aryl methyl sites for hydroxylation is 1. The molecule has 0 aliphatic carbocycles. The average molecular weight is 365 g/mol. The fraction of sp³-hybridized carbons (Fsp3) is 0.238. The fourth-order valence-electron chi connectivity index (χ4n) is 3.68. The van der Waals surface area contributed by atoms with Crippen LogP contribution >= 0.6 is 0 Å². The normalized spacial score (nSPS) is 16.9. The van der Waals surface area contributed by atoms with E-state index in [-0.39, 0.29) is 36.5 Å². The van der Waals surface area contributed by atoms with Crippen LogP contribution < -0.4 is 10.2 Å². The monoisotopic (exact) mass is 365 g/mol. The number of H-pyrrole nitrogens is 1. The van der Waals surface area contributed by atoms with Gasteiger partial charge in [-0.05, 0) is 42.8 Å². The molecule has 5 nitrogen and oxygen atoms in total. The van der Waals surface area contributed by atoms with Crippen molar-refractivity contribution in [1.82, 2.24) is 10.3 Å². The number of benzene rings is 2. The fourth-order valence-corrected chi connectivity index (χ4v) is 3.68. The Labute approximate surface area is 156 Å². The van der Waals surface area contributed by atoms with Gasteiger partial charge in [0.1, 0.15) is 5.82 Å². The molecular weight excluding hydrogens is 345 g/mol. The Hall–Kier alpha value is -3.15. The molecule has 1 aliphatic rings. The molecule has 1 unspecified atom stereocenters. The summed E-state index contributed by atoms with van der Waals surface area (Å²) in [5.74, 6) is -0.504. The first-order chi connectivity index (χ1) is 13.0. The van der Waals surface area contributed by atoms with Crippen LogP contribution in [0.2, 0.25) is 0 Å². The zero-order chi connectivity index (χ0) is 19.0. The average Bonchev–Trinajstić information content (AvgIpc) is 3.15. The molecule has 3 aromatic rings. The van der Waals surface area contributed by atoms with Gasteiger partial charge in [0.25, 0.3) is 0 Å². The number of nitrogens with one attached hydrogen (secondary N) is 2. The van der Waals surface area contributed by atoms with Crippen LogP contribution in [0.15, 0.2) is 48.5 Å². The van der Waals surface area contributed by atoms with Gasteiger partial charge < -0.3 is 15.2 Å². The van der Waals surface area contributed by atoms with E-state index in [1.807, 2.05) is 37.3 Å². The Kier molecular flexibility index (Phi) is 4.39.